The van der Waals surface area contributed by atoms with Gasteiger partial charge < -0.3 is 15.1 Å². The fourth-order valence-corrected chi connectivity index (χ4v) is 2.75. The van der Waals surface area contributed by atoms with E-state index >= 15 is 0 Å². The molecule has 1 saturated heterocycles. The number of piperazine rings is 1. The van der Waals surface area contributed by atoms with Crippen molar-refractivity contribution in [3.8, 4) is 0 Å². The Morgan fingerprint density at radius 3 is 2.33 bits per heavy atom. The first kappa shape index (κ1) is 16.2. The second-order valence-electron chi connectivity index (χ2n) is 5.99. The van der Waals surface area contributed by atoms with E-state index in [9.17, 15) is 4.79 Å². The number of aromatic nitrogens is 2. The topological polar surface area (TPSA) is 61.4 Å². The van der Waals surface area contributed by atoms with E-state index in [1.807, 2.05) is 36.1 Å². The second kappa shape index (κ2) is 7.29. The molecule has 3 rings (SSSR count). The number of nitrogens with one attached hydrogen (secondary N) is 1. The first-order valence-corrected chi connectivity index (χ1v) is 8.36. The van der Waals surface area contributed by atoms with Crippen LogP contribution in [0.2, 0.25) is 0 Å². The number of amides is 1. The van der Waals surface area contributed by atoms with Crippen LogP contribution >= 0.6 is 0 Å². The minimum absolute atomic E-state index is 0.221. The lowest BCUT2D eigenvalue weighted by atomic mass is 10.2. The highest BCUT2D eigenvalue weighted by molar-refractivity contribution is 5.76. The first-order valence-electron chi connectivity index (χ1n) is 8.36. The largest absolute Gasteiger partial charge is 0.352 e. The van der Waals surface area contributed by atoms with E-state index in [0.29, 0.717) is 6.42 Å². The van der Waals surface area contributed by atoms with Gasteiger partial charge in [-0.15, -0.1) is 10.2 Å². The van der Waals surface area contributed by atoms with Gasteiger partial charge in [-0.1, -0.05) is 24.6 Å². The summed E-state index contributed by atoms with van der Waals surface area (Å²) < 4.78 is 0. The number of aryl methyl sites for hydroxylation is 1. The summed E-state index contributed by atoms with van der Waals surface area (Å²) in [7, 11) is 0. The zero-order valence-corrected chi connectivity index (χ0v) is 14.2. The van der Waals surface area contributed by atoms with Crippen LogP contribution in [-0.4, -0.2) is 47.2 Å². The predicted molar refractivity (Wildman–Crippen MR) is 95.6 cm³/mol. The number of hydrogen-bond donors (Lipinski definition) is 1. The van der Waals surface area contributed by atoms with Gasteiger partial charge in [0.1, 0.15) is 0 Å². The van der Waals surface area contributed by atoms with E-state index in [1.165, 1.54) is 5.56 Å². The van der Waals surface area contributed by atoms with Gasteiger partial charge in [-0.05, 0) is 31.2 Å². The monoisotopic (exact) mass is 325 g/mol. The molecule has 1 fully saturated rings. The van der Waals surface area contributed by atoms with Crippen molar-refractivity contribution in [1.82, 2.24) is 15.1 Å². The molecular formula is C18H23N5O. The van der Waals surface area contributed by atoms with Gasteiger partial charge in [0.15, 0.2) is 11.6 Å². The summed E-state index contributed by atoms with van der Waals surface area (Å²) in [6.45, 7) is 7.05. The van der Waals surface area contributed by atoms with Gasteiger partial charge in [0.25, 0.3) is 0 Å². The van der Waals surface area contributed by atoms with Gasteiger partial charge in [0, 0.05) is 38.3 Å². The Morgan fingerprint density at radius 1 is 1.04 bits per heavy atom. The third-order valence-corrected chi connectivity index (χ3v) is 4.23. The van der Waals surface area contributed by atoms with Crippen LogP contribution in [0.15, 0.2) is 36.4 Å². The van der Waals surface area contributed by atoms with Crippen molar-refractivity contribution in [3.05, 3.63) is 42.0 Å². The Bertz CT molecular complexity index is 676. The molecule has 1 aromatic carbocycles. The Labute approximate surface area is 142 Å². The van der Waals surface area contributed by atoms with E-state index in [4.69, 9.17) is 0 Å². The Kier molecular flexibility index (Phi) is 4.93. The average molecular weight is 325 g/mol. The molecule has 2 aromatic rings. The van der Waals surface area contributed by atoms with Crippen molar-refractivity contribution in [2.75, 3.05) is 36.4 Å². The summed E-state index contributed by atoms with van der Waals surface area (Å²) in [5, 5.41) is 11.8. The van der Waals surface area contributed by atoms with E-state index < -0.39 is 0 Å². The molecule has 2 heterocycles. The highest BCUT2D eigenvalue weighted by atomic mass is 16.2. The van der Waals surface area contributed by atoms with E-state index in [2.05, 4.69) is 39.5 Å². The molecule has 0 atom stereocenters. The smallest absolute Gasteiger partial charge is 0.222 e. The molecule has 0 radical (unpaired) electrons. The molecule has 0 spiro atoms. The van der Waals surface area contributed by atoms with Crippen molar-refractivity contribution < 1.29 is 4.79 Å². The van der Waals surface area contributed by atoms with E-state index in [-0.39, 0.29) is 5.91 Å². The molecule has 0 saturated carbocycles. The van der Waals surface area contributed by atoms with Crippen LogP contribution in [0.25, 0.3) is 0 Å². The minimum atomic E-state index is 0.221. The lowest BCUT2D eigenvalue weighted by Gasteiger charge is -2.35. The molecular weight excluding hydrogens is 302 g/mol. The fraction of sp³-hybridized carbons (Fsp3) is 0.389. The maximum Gasteiger partial charge on any atom is 0.222 e. The summed E-state index contributed by atoms with van der Waals surface area (Å²) in [5.41, 5.74) is 2.22. The maximum absolute atomic E-state index is 11.7. The number of rotatable bonds is 4. The average Bonchev–Trinajstić information content (AvgIpc) is 2.64. The summed E-state index contributed by atoms with van der Waals surface area (Å²) in [6.07, 6.45) is 0.569. The summed E-state index contributed by atoms with van der Waals surface area (Å²) >= 11 is 0. The van der Waals surface area contributed by atoms with Crippen molar-refractivity contribution in [3.63, 3.8) is 0 Å². The lowest BCUT2D eigenvalue weighted by molar-refractivity contribution is -0.131. The maximum atomic E-state index is 11.7. The van der Waals surface area contributed by atoms with Crippen molar-refractivity contribution >= 4 is 23.2 Å². The zero-order chi connectivity index (χ0) is 16.9. The van der Waals surface area contributed by atoms with E-state index in [1.54, 1.807) is 0 Å². The third-order valence-electron chi connectivity index (χ3n) is 4.23. The SMILES string of the molecule is CCC(=O)N1CCN(c2ccc(Nc3ccc(C)cc3)nn2)CC1. The molecule has 1 N–H and O–H groups in total. The molecule has 6 heteroatoms. The highest BCUT2D eigenvalue weighted by Gasteiger charge is 2.20. The van der Waals surface area contributed by atoms with Crippen LogP contribution in [0, 0.1) is 6.92 Å². The molecule has 1 aliphatic heterocycles. The summed E-state index contributed by atoms with van der Waals surface area (Å²) in [6, 6.07) is 12.1. The zero-order valence-electron chi connectivity index (χ0n) is 14.2. The number of carbonyl (C=O) groups excluding carboxylic acids is 1. The van der Waals surface area contributed by atoms with Gasteiger partial charge in [-0.2, -0.15) is 0 Å². The lowest BCUT2D eigenvalue weighted by Crippen LogP contribution is -2.48. The summed E-state index contributed by atoms with van der Waals surface area (Å²) in [5.74, 6) is 1.80. The Morgan fingerprint density at radius 2 is 1.75 bits per heavy atom. The van der Waals surface area contributed by atoms with Crippen molar-refractivity contribution in [2.24, 2.45) is 0 Å². The molecule has 1 amide bonds. The van der Waals surface area contributed by atoms with Gasteiger partial charge in [0.05, 0.1) is 0 Å². The number of hydrogen-bond acceptors (Lipinski definition) is 5. The Balaban J connectivity index is 1.59. The first-order chi connectivity index (χ1) is 11.7. The molecule has 0 bridgehead atoms. The van der Waals surface area contributed by atoms with Gasteiger partial charge >= 0.3 is 0 Å². The van der Waals surface area contributed by atoms with Crippen LogP contribution < -0.4 is 10.2 Å². The molecule has 1 aromatic heterocycles. The van der Waals surface area contributed by atoms with Crippen LogP contribution in [0.3, 0.4) is 0 Å². The normalized spacial score (nSPS) is 14.6. The van der Waals surface area contributed by atoms with Crippen LogP contribution in [0.4, 0.5) is 17.3 Å². The van der Waals surface area contributed by atoms with Gasteiger partial charge in [0.2, 0.25) is 5.91 Å². The molecule has 0 unspecified atom stereocenters. The quantitative estimate of drug-likeness (QED) is 0.936. The molecule has 24 heavy (non-hydrogen) atoms. The van der Waals surface area contributed by atoms with Gasteiger partial charge in [-0.3, -0.25) is 4.79 Å². The predicted octanol–water partition coefficient (Wildman–Crippen LogP) is 2.59. The molecule has 126 valence electrons. The number of anilines is 3. The van der Waals surface area contributed by atoms with Crippen LogP contribution in [-0.2, 0) is 4.79 Å². The number of carbonyl (C=O) groups is 1. The van der Waals surface area contributed by atoms with Gasteiger partial charge in [-0.25, -0.2) is 0 Å². The van der Waals surface area contributed by atoms with Crippen molar-refractivity contribution in [2.45, 2.75) is 20.3 Å². The Hall–Kier alpha value is -2.63. The second-order valence-corrected chi connectivity index (χ2v) is 5.99. The van der Waals surface area contributed by atoms with Crippen molar-refractivity contribution in [1.29, 1.82) is 0 Å². The fourth-order valence-electron chi connectivity index (χ4n) is 2.75. The molecule has 1 aliphatic rings. The minimum Gasteiger partial charge on any atom is -0.352 e. The molecule has 0 aliphatic carbocycles. The van der Waals surface area contributed by atoms with Crippen LogP contribution in [0.1, 0.15) is 18.9 Å². The number of benzene rings is 1. The van der Waals surface area contributed by atoms with Crippen LogP contribution in [0.5, 0.6) is 0 Å². The summed E-state index contributed by atoms with van der Waals surface area (Å²) in [4.78, 5) is 15.8. The third kappa shape index (κ3) is 3.82. The number of nitrogens with zero attached hydrogens (tertiary/aromatic N) is 4. The molecule has 6 nitrogen and oxygen atoms in total. The standard InChI is InChI=1S/C18H23N5O/c1-3-18(24)23-12-10-22(11-13-23)17-9-8-16(20-21-17)19-15-6-4-14(2)5-7-15/h4-9H,3,10-13H2,1-2H3,(H,19,20). The highest BCUT2D eigenvalue weighted by Crippen LogP contribution is 2.18. The van der Waals surface area contributed by atoms with E-state index in [0.717, 1.165) is 43.5 Å².